The molecule has 1 unspecified atom stereocenters. The van der Waals surface area contributed by atoms with Crippen molar-refractivity contribution in [2.24, 2.45) is 0 Å². The van der Waals surface area contributed by atoms with Crippen LogP contribution in [0.4, 0.5) is 0 Å². The molecule has 130 valence electrons. The second-order valence-electron chi connectivity index (χ2n) is 5.94. The van der Waals surface area contributed by atoms with Crippen LogP contribution in [-0.2, 0) is 11.2 Å². The monoisotopic (exact) mass is 340 g/mol. The zero-order valence-corrected chi connectivity index (χ0v) is 14.0. The molecule has 1 amide bonds. The first-order valence-electron chi connectivity index (χ1n) is 8.27. The van der Waals surface area contributed by atoms with E-state index in [-0.39, 0.29) is 17.7 Å². The van der Waals surface area contributed by atoms with Crippen molar-refractivity contribution in [3.8, 4) is 0 Å². The molecule has 1 aromatic heterocycles. The summed E-state index contributed by atoms with van der Waals surface area (Å²) in [6.07, 6.45) is 2.14. The minimum Gasteiger partial charge on any atom is -0.477 e. The highest BCUT2D eigenvalue weighted by Crippen LogP contribution is 2.23. The first kappa shape index (κ1) is 17.1. The number of aromatic nitrogens is 1. The van der Waals surface area contributed by atoms with Crippen molar-refractivity contribution >= 4 is 11.9 Å². The second-order valence-corrected chi connectivity index (χ2v) is 5.94. The molecule has 6 nitrogen and oxygen atoms in total. The Morgan fingerprint density at radius 1 is 1.24 bits per heavy atom. The molecule has 1 aliphatic heterocycles. The Balaban J connectivity index is 1.71. The molecule has 3 rings (SSSR count). The highest BCUT2D eigenvalue weighted by atomic mass is 16.5. The van der Waals surface area contributed by atoms with E-state index in [1.165, 1.54) is 23.9 Å². The number of carbonyl (C=O) groups excluding carboxylic acids is 1. The van der Waals surface area contributed by atoms with E-state index in [0.717, 1.165) is 12.0 Å². The van der Waals surface area contributed by atoms with E-state index in [9.17, 15) is 9.59 Å². The molecule has 2 heterocycles. The predicted octanol–water partition coefficient (Wildman–Crippen LogP) is 2.56. The molecule has 1 N–H and O–H groups in total. The summed E-state index contributed by atoms with van der Waals surface area (Å²) in [6, 6.07) is 11.1. The summed E-state index contributed by atoms with van der Waals surface area (Å²) >= 11 is 0. The lowest BCUT2D eigenvalue weighted by molar-refractivity contribution is -0.0228. The molecule has 0 spiro atoms. The first-order valence-corrected chi connectivity index (χ1v) is 8.27. The van der Waals surface area contributed by atoms with Gasteiger partial charge < -0.3 is 14.7 Å². The van der Waals surface area contributed by atoms with Crippen LogP contribution in [-0.4, -0.2) is 46.6 Å². The van der Waals surface area contributed by atoms with Crippen LogP contribution < -0.4 is 0 Å². The van der Waals surface area contributed by atoms with Gasteiger partial charge >= 0.3 is 5.97 Å². The van der Waals surface area contributed by atoms with Crippen molar-refractivity contribution in [3.05, 3.63) is 65.0 Å². The summed E-state index contributed by atoms with van der Waals surface area (Å²) in [5.74, 6) is -1.27. The van der Waals surface area contributed by atoms with Crippen molar-refractivity contribution in [2.75, 3.05) is 19.7 Å². The zero-order valence-electron chi connectivity index (χ0n) is 14.0. The van der Waals surface area contributed by atoms with Gasteiger partial charge in [-0.05, 0) is 29.7 Å². The normalized spacial score (nSPS) is 17.3. The summed E-state index contributed by atoms with van der Waals surface area (Å²) in [4.78, 5) is 29.0. The number of morpholine rings is 1. The number of amides is 1. The predicted molar refractivity (Wildman–Crippen MR) is 91.6 cm³/mol. The molecule has 0 saturated carbocycles. The van der Waals surface area contributed by atoms with Crippen molar-refractivity contribution in [1.82, 2.24) is 9.88 Å². The number of carbonyl (C=O) groups is 2. The summed E-state index contributed by atoms with van der Waals surface area (Å²) in [5.41, 5.74) is 2.62. The Labute approximate surface area is 146 Å². The highest BCUT2D eigenvalue weighted by Gasteiger charge is 2.26. The van der Waals surface area contributed by atoms with Crippen molar-refractivity contribution in [1.29, 1.82) is 0 Å². The van der Waals surface area contributed by atoms with E-state index in [0.29, 0.717) is 25.3 Å². The molecule has 6 heteroatoms. The van der Waals surface area contributed by atoms with Crippen LogP contribution >= 0.6 is 0 Å². The van der Waals surface area contributed by atoms with Crippen LogP contribution in [0.1, 0.15) is 45.0 Å². The average molecular weight is 340 g/mol. The van der Waals surface area contributed by atoms with Crippen LogP contribution in [0.5, 0.6) is 0 Å². The van der Waals surface area contributed by atoms with Crippen LogP contribution in [0.3, 0.4) is 0 Å². The Morgan fingerprint density at radius 2 is 2.00 bits per heavy atom. The lowest BCUT2D eigenvalue weighted by Gasteiger charge is -2.33. The van der Waals surface area contributed by atoms with E-state index in [4.69, 9.17) is 9.84 Å². The van der Waals surface area contributed by atoms with Crippen molar-refractivity contribution in [3.63, 3.8) is 0 Å². The maximum absolute atomic E-state index is 12.6. The maximum atomic E-state index is 12.6. The fraction of sp³-hybridized carbons (Fsp3) is 0.316. The van der Waals surface area contributed by atoms with E-state index < -0.39 is 5.97 Å². The molecule has 2 aromatic rings. The lowest BCUT2D eigenvalue weighted by atomic mass is 10.0. The van der Waals surface area contributed by atoms with Gasteiger partial charge in [-0.3, -0.25) is 4.79 Å². The third-order valence-electron chi connectivity index (χ3n) is 4.34. The number of hydrogen-bond acceptors (Lipinski definition) is 4. The van der Waals surface area contributed by atoms with E-state index in [2.05, 4.69) is 24.0 Å². The molecule has 0 aliphatic carbocycles. The highest BCUT2D eigenvalue weighted by molar-refractivity contribution is 5.95. The fourth-order valence-corrected chi connectivity index (χ4v) is 2.83. The number of ether oxygens (including phenoxy) is 1. The Bertz CT molecular complexity index is 756. The first-order chi connectivity index (χ1) is 12.1. The number of pyridine rings is 1. The van der Waals surface area contributed by atoms with E-state index in [1.807, 2.05) is 12.1 Å². The van der Waals surface area contributed by atoms with Gasteiger partial charge in [-0.25, -0.2) is 9.78 Å². The molecular formula is C19H20N2O4. The van der Waals surface area contributed by atoms with Crippen molar-refractivity contribution in [2.45, 2.75) is 19.4 Å². The molecule has 1 saturated heterocycles. The smallest absolute Gasteiger partial charge is 0.354 e. The number of nitrogens with zero attached hydrogens (tertiary/aromatic N) is 2. The molecule has 0 radical (unpaired) electrons. The number of rotatable bonds is 4. The van der Waals surface area contributed by atoms with Gasteiger partial charge in [-0.1, -0.05) is 31.2 Å². The van der Waals surface area contributed by atoms with Crippen LogP contribution in [0, 0.1) is 0 Å². The van der Waals surface area contributed by atoms with E-state index >= 15 is 0 Å². The van der Waals surface area contributed by atoms with Gasteiger partial charge in [0.1, 0.15) is 11.8 Å². The molecule has 0 bridgehead atoms. The molecular weight excluding hydrogens is 320 g/mol. The molecule has 25 heavy (non-hydrogen) atoms. The Hall–Kier alpha value is -2.73. The second kappa shape index (κ2) is 7.44. The zero-order chi connectivity index (χ0) is 17.8. The summed E-state index contributed by atoms with van der Waals surface area (Å²) in [5, 5.41) is 8.89. The molecule has 1 aromatic carbocycles. The van der Waals surface area contributed by atoms with Gasteiger partial charge in [-0.15, -0.1) is 0 Å². The number of carboxylic acid groups (broad SMARTS) is 1. The van der Waals surface area contributed by atoms with Gasteiger partial charge in [0.15, 0.2) is 0 Å². The van der Waals surface area contributed by atoms with Gasteiger partial charge in [0.25, 0.3) is 5.91 Å². The lowest BCUT2D eigenvalue weighted by Crippen LogP contribution is -2.42. The van der Waals surface area contributed by atoms with Gasteiger partial charge in [0, 0.05) is 12.7 Å². The number of carboxylic acids is 1. The fourth-order valence-electron chi connectivity index (χ4n) is 2.83. The average Bonchev–Trinajstić information content (AvgIpc) is 2.67. The van der Waals surface area contributed by atoms with Gasteiger partial charge in [0.2, 0.25) is 0 Å². The minimum atomic E-state index is -1.11. The standard InChI is InChI=1S/C19H20N2O4/c1-2-13-3-5-14(6-4-13)17-12-21(9-10-25-17)18(22)15-7-8-16(19(23)24)20-11-15/h3-8,11,17H,2,9-10,12H2,1H3,(H,23,24). The van der Waals surface area contributed by atoms with Crippen molar-refractivity contribution < 1.29 is 19.4 Å². The summed E-state index contributed by atoms with van der Waals surface area (Å²) in [7, 11) is 0. The van der Waals surface area contributed by atoms with Crippen LogP contribution in [0.2, 0.25) is 0 Å². The number of aryl methyl sites for hydroxylation is 1. The maximum Gasteiger partial charge on any atom is 0.354 e. The number of benzene rings is 1. The summed E-state index contributed by atoms with van der Waals surface area (Å²) < 4.78 is 5.82. The SMILES string of the molecule is CCc1ccc(C2CN(C(=O)c3ccc(C(=O)O)nc3)CCO2)cc1. The van der Waals surface area contributed by atoms with Gasteiger partial charge in [-0.2, -0.15) is 0 Å². The molecule has 1 fully saturated rings. The molecule has 1 aliphatic rings. The third kappa shape index (κ3) is 3.85. The quantitative estimate of drug-likeness (QED) is 0.925. The third-order valence-corrected chi connectivity index (χ3v) is 4.34. The van der Waals surface area contributed by atoms with Crippen LogP contribution in [0.15, 0.2) is 42.6 Å². The Kier molecular flexibility index (Phi) is 5.09. The Morgan fingerprint density at radius 3 is 2.60 bits per heavy atom. The number of hydrogen-bond donors (Lipinski definition) is 1. The largest absolute Gasteiger partial charge is 0.477 e. The molecule has 1 atom stereocenters. The topological polar surface area (TPSA) is 79.7 Å². The minimum absolute atomic E-state index is 0.0765. The number of aromatic carboxylic acids is 1. The van der Waals surface area contributed by atoms with Gasteiger partial charge in [0.05, 0.1) is 18.7 Å². The van der Waals surface area contributed by atoms with Crippen LogP contribution in [0.25, 0.3) is 0 Å². The van der Waals surface area contributed by atoms with E-state index in [1.54, 1.807) is 4.90 Å². The summed E-state index contributed by atoms with van der Waals surface area (Å²) in [6.45, 7) is 3.54.